The van der Waals surface area contributed by atoms with E-state index in [-0.39, 0.29) is 16.3 Å². The maximum Gasteiger partial charge on any atom is 0.243 e. The molecule has 0 atom stereocenters. The molecule has 0 radical (unpaired) electrons. The average Bonchev–Trinajstić information content (AvgIpc) is 2.78. The monoisotopic (exact) mass is 467 g/mol. The number of morpholine rings is 1. The Kier molecular flexibility index (Phi) is 7.71. The van der Waals surface area contributed by atoms with Gasteiger partial charge >= 0.3 is 0 Å². The number of para-hydroxylation sites is 1. The Morgan fingerprint density at radius 2 is 1.58 bits per heavy atom. The Hall–Kier alpha value is -1.98. The zero-order valence-electron chi connectivity index (χ0n) is 17.8. The largest absolute Gasteiger partial charge is 0.379 e. The molecule has 2 aromatic rings. The van der Waals surface area contributed by atoms with E-state index in [1.54, 1.807) is 0 Å². The maximum absolute atomic E-state index is 12.7. The molecule has 0 bridgehead atoms. The number of benzene rings is 2. The molecule has 0 spiro atoms. The molecule has 0 amide bonds. The highest BCUT2D eigenvalue weighted by Gasteiger charge is 2.26. The lowest BCUT2D eigenvalue weighted by Gasteiger charge is -2.26. The van der Waals surface area contributed by atoms with Gasteiger partial charge in [0.1, 0.15) is 0 Å². The summed E-state index contributed by atoms with van der Waals surface area (Å²) in [6, 6.07) is 13.3. The van der Waals surface area contributed by atoms with Crippen LogP contribution >= 0.6 is 0 Å². The van der Waals surface area contributed by atoms with Crippen LogP contribution < -0.4 is 9.62 Å². The summed E-state index contributed by atoms with van der Waals surface area (Å²) >= 11 is 0. The number of hydrogen-bond donors (Lipinski definition) is 1. The standard InChI is InChI=1S/C21H29N3O5S2/c1-3-23(21-7-5-4-6-18(21)2)13-12-22-30(25,26)19-8-10-20(11-9-19)31(27,28)24-14-16-29-17-15-24/h4-11,22H,3,12-17H2,1-2H3. The van der Waals surface area contributed by atoms with Crippen molar-refractivity contribution in [3.63, 3.8) is 0 Å². The number of ether oxygens (including phenoxy) is 1. The molecule has 2 aromatic carbocycles. The highest BCUT2D eigenvalue weighted by atomic mass is 32.2. The molecule has 3 rings (SSSR count). The predicted octanol–water partition coefficient (Wildman–Crippen LogP) is 1.82. The van der Waals surface area contributed by atoms with Crippen LogP contribution in [0.15, 0.2) is 58.3 Å². The molecule has 1 saturated heterocycles. The SMILES string of the molecule is CCN(CCNS(=O)(=O)c1ccc(S(=O)(=O)N2CCOCC2)cc1)c1ccccc1C. The van der Waals surface area contributed by atoms with E-state index in [0.717, 1.165) is 17.8 Å². The Morgan fingerprint density at radius 3 is 2.19 bits per heavy atom. The van der Waals surface area contributed by atoms with Gasteiger partial charge in [0.05, 0.1) is 23.0 Å². The average molecular weight is 468 g/mol. The second-order valence-electron chi connectivity index (χ2n) is 7.25. The van der Waals surface area contributed by atoms with Crippen LogP contribution in [0.25, 0.3) is 0 Å². The minimum atomic E-state index is -3.75. The third-order valence-corrected chi connectivity index (χ3v) is 8.64. The normalized spacial score (nSPS) is 15.7. The van der Waals surface area contributed by atoms with E-state index < -0.39 is 20.0 Å². The summed E-state index contributed by atoms with van der Waals surface area (Å²) < 4.78 is 59.9. The van der Waals surface area contributed by atoms with Crippen molar-refractivity contribution >= 4 is 25.7 Å². The van der Waals surface area contributed by atoms with Crippen LogP contribution in [0.1, 0.15) is 12.5 Å². The first-order valence-corrected chi connectivity index (χ1v) is 13.2. The zero-order chi connectivity index (χ0) is 22.5. The van der Waals surface area contributed by atoms with Gasteiger partial charge in [-0.3, -0.25) is 0 Å². The molecule has 1 aliphatic heterocycles. The molecular formula is C21H29N3O5S2. The first-order chi connectivity index (χ1) is 14.8. The number of hydrogen-bond acceptors (Lipinski definition) is 6. The van der Waals surface area contributed by atoms with Crippen molar-refractivity contribution in [3.8, 4) is 0 Å². The fraction of sp³-hybridized carbons (Fsp3) is 0.429. The third-order valence-electron chi connectivity index (χ3n) is 5.25. The lowest BCUT2D eigenvalue weighted by atomic mass is 10.2. The lowest BCUT2D eigenvalue weighted by molar-refractivity contribution is 0.0730. The van der Waals surface area contributed by atoms with Crippen LogP contribution in [0, 0.1) is 6.92 Å². The number of nitrogens with one attached hydrogen (secondary N) is 1. The van der Waals surface area contributed by atoms with Crippen molar-refractivity contribution in [2.24, 2.45) is 0 Å². The topological polar surface area (TPSA) is 96.0 Å². The first kappa shape index (κ1) is 23.7. The Bertz CT molecular complexity index is 1080. The predicted molar refractivity (Wildman–Crippen MR) is 120 cm³/mol. The van der Waals surface area contributed by atoms with Crippen LogP contribution in [-0.4, -0.2) is 67.1 Å². The van der Waals surface area contributed by atoms with Crippen LogP contribution in [0.4, 0.5) is 5.69 Å². The van der Waals surface area contributed by atoms with Gasteiger partial charge in [-0.2, -0.15) is 4.31 Å². The molecular weight excluding hydrogens is 438 g/mol. The van der Waals surface area contributed by atoms with Crippen LogP contribution in [0.5, 0.6) is 0 Å². The lowest BCUT2D eigenvalue weighted by Crippen LogP contribution is -2.40. The summed E-state index contributed by atoms with van der Waals surface area (Å²) in [4.78, 5) is 2.22. The van der Waals surface area contributed by atoms with Crippen molar-refractivity contribution in [1.29, 1.82) is 0 Å². The molecule has 1 fully saturated rings. The van der Waals surface area contributed by atoms with Gasteiger partial charge in [-0.1, -0.05) is 18.2 Å². The minimum absolute atomic E-state index is 0.0346. The highest BCUT2D eigenvalue weighted by molar-refractivity contribution is 7.89. The van der Waals surface area contributed by atoms with Crippen molar-refractivity contribution < 1.29 is 21.6 Å². The van der Waals surface area contributed by atoms with E-state index in [2.05, 4.69) is 9.62 Å². The Labute approximate surface area is 184 Å². The molecule has 0 saturated carbocycles. The van der Waals surface area contributed by atoms with E-state index >= 15 is 0 Å². The molecule has 0 unspecified atom stereocenters. The quantitative estimate of drug-likeness (QED) is 0.604. The van der Waals surface area contributed by atoms with Crippen LogP contribution in [0.3, 0.4) is 0 Å². The fourth-order valence-electron chi connectivity index (χ4n) is 3.49. The minimum Gasteiger partial charge on any atom is -0.379 e. The summed E-state index contributed by atoms with van der Waals surface area (Å²) in [5.74, 6) is 0. The molecule has 8 nitrogen and oxygen atoms in total. The molecule has 1 aliphatic rings. The van der Waals surface area contributed by atoms with Gasteiger partial charge in [0.25, 0.3) is 0 Å². The van der Waals surface area contributed by atoms with Crippen molar-refractivity contribution in [1.82, 2.24) is 9.03 Å². The molecule has 0 aliphatic carbocycles. The Morgan fingerprint density at radius 1 is 0.968 bits per heavy atom. The van der Waals surface area contributed by atoms with Gasteiger partial charge in [-0.05, 0) is 49.7 Å². The molecule has 10 heteroatoms. The Balaban J connectivity index is 1.64. The van der Waals surface area contributed by atoms with Gasteiger partial charge in [-0.25, -0.2) is 21.6 Å². The number of aryl methyl sites for hydroxylation is 1. The van der Waals surface area contributed by atoms with Crippen molar-refractivity contribution in [3.05, 3.63) is 54.1 Å². The van der Waals surface area contributed by atoms with Crippen LogP contribution in [0.2, 0.25) is 0 Å². The van der Waals surface area contributed by atoms with E-state index in [4.69, 9.17) is 4.74 Å². The second-order valence-corrected chi connectivity index (χ2v) is 11.0. The fourth-order valence-corrected chi connectivity index (χ4v) is 5.92. The summed E-state index contributed by atoms with van der Waals surface area (Å²) in [7, 11) is -7.41. The smallest absolute Gasteiger partial charge is 0.243 e. The summed E-state index contributed by atoms with van der Waals surface area (Å²) in [6.07, 6.45) is 0. The second kappa shape index (κ2) is 10.1. The maximum atomic E-state index is 12.7. The summed E-state index contributed by atoms with van der Waals surface area (Å²) in [5, 5.41) is 0. The van der Waals surface area contributed by atoms with Gasteiger partial charge in [-0.15, -0.1) is 0 Å². The highest BCUT2D eigenvalue weighted by Crippen LogP contribution is 2.20. The molecule has 0 aromatic heterocycles. The van der Waals surface area contributed by atoms with Gasteiger partial charge < -0.3 is 9.64 Å². The number of sulfonamides is 2. The third kappa shape index (κ3) is 5.64. The van der Waals surface area contributed by atoms with Crippen molar-refractivity contribution in [2.45, 2.75) is 23.6 Å². The number of nitrogens with zero attached hydrogens (tertiary/aromatic N) is 2. The van der Waals surface area contributed by atoms with Gasteiger partial charge in [0.15, 0.2) is 0 Å². The number of rotatable bonds is 9. The first-order valence-electron chi connectivity index (χ1n) is 10.2. The van der Waals surface area contributed by atoms with E-state index in [1.807, 2.05) is 38.1 Å². The van der Waals surface area contributed by atoms with E-state index in [0.29, 0.717) is 32.8 Å². The molecule has 1 N–H and O–H groups in total. The zero-order valence-corrected chi connectivity index (χ0v) is 19.5. The van der Waals surface area contributed by atoms with E-state index in [9.17, 15) is 16.8 Å². The van der Waals surface area contributed by atoms with Gasteiger partial charge in [0.2, 0.25) is 20.0 Å². The molecule has 31 heavy (non-hydrogen) atoms. The molecule has 1 heterocycles. The number of likely N-dealkylation sites (N-methyl/N-ethyl adjacent to an activating group) is 1. The van der Waals surface area contributed by atoms with Crippen molar-refractivity contribution in [2.75, 3.05) is 50.8 Å². The van der Waals surface area contributed by atoms with Gasteiger partial charge in [0, 0.05) is 38.4 Å². The van der Waals surface area contributed by atoms with E-state index in [1.165, 1.54) is 28.6 Å². The summed E-state index contributed by atoms with van der Waals surface area (Å²) in [5.41, 5.74) is 2.20. The molecule has 170 valence electrons. The van der Waals surface area contributed by atoms with Crippen LogP contribution in [-0.2, 0) is 24.8 Å². The number of anilines is 1. The summed E-state index contributed by atoms with van der Waals surface area (Å²) in [6.45, 7) is 6.84.